The molecule has 0 saturated heterocycles. The Labute approximate surface area is 117 Å². The number of ether oxygens (including phenoxy) is 2. The molecule has 0 atom stereocenters. The number of Topliss-reactive ketones (excluding diaryl/α,β-unsaturated/α-hetero) is 1. The van der Waals surface area contributed by atoms with Crippen LogP contribution >= 0.6 is 0 Å². The van der Waals surface area contributed by atoms with E-state index in [1.54, 1.807) is 0 Å². The normalized spacial score (nSPS) is 20.9. The van der Waals surface area contributed by atoms with Crippen LogP contribution in [0.4, 0.5) is 0 Å². The van der Waals surface area contributed by atoms with E-state index >= 15 is 0 Å². The molecule has 1 aliphatic heterocycles. The molecule has 0 amide bonds. The largest absolute Gasteiger partial charge is 0.454 e. The van der Waals surface area contributed by atoms with Crippen LogP contribution in [0.3, 0.4) is 0 Å². The van der Waals surface area contributed by atoms with Crippen LogP contribution in [-0.2, 0) is 10.2 Å². The van der Waals surface area contributed by atoms with E-state index < -0.39 is 0 Å². The Morgan fingerprint density at radius 1 is 1.20 bits per heavy atom. The maximum absolute atomic E-state index is 12.6. The molecule has 1 saturated carbocycles. The molecular formula is C17H16O3. The molecule has 0 aromatic heterocycles. The number of ketones is 1. The van der Waals surface area contributed by atoms with E-state index in [4.69, 9.17) is 9.47 Å². The number of rotatable bonds is 4. The summed E-state index contributed by atoms with van der Waals surface area (Å²) in [5.74, 6) is 1.88. The van der Waals surface area contributed by atoms with Gasteiger partial charge in [0.1, 0.15) is 5.78 Å². The lowest BCUT2D eigenvalue weighted by atomic mass is 9.87. The van der Waals surface area contributed by atoms with Gasteiger partial charge >= 0.3 is 0 Å². The number of fused-ring (bicyclic) bond motifs is 1. The molecule has 3 aliphatic rings. The first-order valence-electron chi connectivity index (χ1n) is 7.06. The first kappa shape index (κ1) is 11.8. The topological polar surface area (TPSA) is 35.5 Å². The molecule has 2 aliphatic carbocycles. The summed E-state index contributed by atoms with van der Waals surface area (Å²) in [5, 5.41) is 0. The van der Waals surface area contributed by atoms with Gasteiger partial charge in [0.05, 0.1) is 5.41 Å². The molecule has 3 nitrogen and oxygen atoms in total. The van der Waals surface area contributed by atoms with E-state index in [9.17, 15) is 4.79 Å². The highest BCUT2D eigenvalue weighted by molar-refractivity contribution is 5.95. The molecule has 20 heavy (non-hydrogen) atoms. The van der Waals surface area contributed by atoms with Crippen LogP contribution in [0.2, 0.25) is 0 Å². The molecule has 1 aromatic carbocycles. The van der Waals surface area contributed by atoms with E-state index in [1.807, 2.05) is 24.3 Å². The molecule has 1 heterocycles. The monoisotopic (exact) mass is 268 g/mol. The fourth-order valence-corrected chi connectivity index (χ4v) is 3.05. The SMILES string of the molecule is O=C(CC1=CC=CC1)C1(c2ccc3c(c2)OCO3)CC1. The summed E-state index contributed by atoms with van der Waals surface area (Å²) in [5.41, 5.74) is 2.03. The van der Waals surface area contributed by atoms with Crippen molar-refractivity contribution in [3.63, 3.8) is 0 Å². The highest BCUT2D eigenvalue weighted by Gasteiger charge is 2.50. The third-order valence-corrected chi connectivity index (χ3v) is 4.44. The number of benzene rings is 1. The minimum absolute atomic E-state index is 0.273. The van der Waals surface area contributed by atoms with Gasteiger partial charge in [-0.05, 0) is 37.0 Å². The third-order valence-electron chi connectivity index (χ3n) is 4.44. The van der Waals surface area contributed by atoms with Gasteiger partial charge in [0, 0.05) is 6.42 Å². The lowest BCUT2D eigenvalue weighted by molar-refractivity contribution is -0.120. The van der Waals surface area contributed by atoms with Gasteiger partial charge in [0.25, 0.3) is 0 Å². The number of hydrogen-bond acceptors (Lipinski definition) is 3. The Bertz CT molecular complexity index is 636. The minimum Gasteiger partial charge on any atom is -0.454 e. The zero-order valence-electron chi connectivity index (χ0n) is 11.2. The van der Waals surface area contributed by atoms with Crippen molar-refractivity contribution in [1.82, 2.24) is 0 Å². The smallest absolute Gasteiger partial charge is 0.231 e. The summed E-state index contributed by atoms with van der Waals surface area (Å²) in [6.07, 6.45) is 9.59. The van der Waals surface area contributed by atoms with Crippen molar-refractivity contribution >= 4 is 5.78 Å². The first-order valence-corrected chi connectivity index (χ1v) is 7.06. The lowest BCUT2D eigenvalue weighted by Crippen LogP contribution is -2.20. The van der Waals surface area contributed by atoms with Gasteiger partial charge in [0.2, 0.25) is 6.79 Å². The average Bonchev–Trinajstić information content (AvgIpc) is 2.89. The molecule has 4 rings (SSSR count). The summed E-state index contributed by atoms with van der Waals surface area (Å²) < 4.78 is 10.8. The maximum atomic E-state index is 12.6. The minimum atomic E-state index is -0.273. The lowest BCUT2D eigenvalue weighted by Gasteiger charge is -2.15. The van der Waals surface area contributed by atoms with E-state index in [0.717, 1.165) is 36.3 Å². The molecule has 0 bridgehead atoms. The number of allylic oxidation sites excluding steroid dienone is 4. The van der Waals surface area contributed by atoms with Crippen molar-refractivity contribution in [2.24, 2.45) is 0 Å². The van der Waals surface area contributed by atoms with Crippen molar-refractivity contribution in [3.8, 4) is 11.5 Å². The maximum Gasteiger partial charge on any atom is 0.231 e. The van der Waals surface area contributed by atoms with E-state index in [2.05, 4.69) is 12.2 Å². The van der Waals surface area contributed by atoms with Gasteiger partial charge in [-0.1, -0.05) is 29.9 Å². The molecule has 0 radical (unpaired) electrons. The highest BCUT2D eigenvalue weighted by Crippen LogP contribution is 2.52. The van der Waals surface area contributed by atoms with Gasteiger partial charge in [0.15, 0.2) is 11.5 Å². The fourth-order valence-electron chi connectivity index (χ4n) is 3.05. The van der Waals surface area contributed by atoms with E-state index in [0.29, 0.717) is 12.2 Å². The molecule has 1 aromatic rings. The Balaban J connectivity index is 1.59. The summed E-state index contributed by atoms with van der Waals surface area (Å²) in [7, 11) is 0. The Kier molecular flexibility index (Phi) is 2.49. The average molecular weight is 268 g/mol. The zero-order chi connectivity index (χ0) is 13.6. The Morgan fingerprint density at radius 3 is 2.80 bits per heavy atom. The van der Waals surface area contributed by atoms with Gasteiger partial charge < -0.3 is 9.47 Å². The van der Waals surface area contributed by atoms with Crippen LogP contribution in [0.15, 0.2) is 42.0 Å². The second kappa shape index (κ2) is 4.23. The van der Waals surface area contributed by atoms with E-state index in [1.165, 1.54) is 5.57 Å². The Morgan fingerprint density at radius 2 is 2.05 bits per heavy atom. The fraction of sp³-hybridized carbons (Fsp3) is 0.353. The summed E-state index contributed by atoms with van der Waals surface area (Å²) in [6.45, 7) is 0.276. The van der Waals surface area contributed by atoms with Crippen LogP contribution in [0, 0.1) is 0 Å². The van der Waals surface area contributed by atoms with Gasteiger partial charge in [-0.3, -0.25) is 4.79 Å². The highest BCUT2D eigenvalue weighted by atomic mass is 16.7. The standard InChI is InChI=1S/C17H16O3/c18-16(9-12-3-1-2-4-12)17(7-8-17)13-5-6-14-15(10-13)20-11-19-14/h1-3,5-6,10H,4,7-9,11H2. The molecule has 0 unspecified atom stereocenters. The second-order valence-corrected chi connectivity index (χ2v) is 5.71. The third kappa shape index (κ3) is 1.77. The Hall–Kier alpha value is -2.03. The van der Waals surface area contributed by atoms with Crippen molar-refractivity contribution in [2.45, 2.75) is 31.1 Å². The molecule has 0 spiro atoms. The number of hydrogen-bond donors (Lipinski definition) is 0. The predicted molar refractivity (Wildman–Crippen MR) is 74.9 cm³/mol. The van der Waals surface area contributed by atoms with Crippen molar-refractivity contribution in [3.05, 3.63) is 47.6 Å². The van der Waals surface area contributed by atoms with Crippen LogP contribution < -0.4 is 9.47 Å². The summed E-state index contributed by atoms with van der Waals surface area (Å²) in [4.78, 5) is 12.6. The molecule has 1 fully saturated rings. The van der Waals surface area contributed by atoms with Gasteiger partial charge in [-0.15, -0.1) is 0 Å². The predicted octanol–water partition coefficient (Wildman–Crippen LogP) is 3.29. The number of carbonyl (C=O) groups is 1. The van der Waals surface area contributed by atoms with Crippen molar-refractivity contribution in [1.29, 1.82) is 0 Å². The van der Waals surface area contributed by atoms with Crippen molar-refractivity contribution in [2.75, 3.05) is 6.79 Å². The van der Waals surface area contributed by atoms with E-state index in [-0.39, 0.29) is 12.2 Å². The van der Waals surface area contributed by atoms with Crippen LogP contribution in [0.1, 0.15) is 31.2 Å². The number of carbonyl (C=O) groups excluding carboxylic acids is 1. The van der Waals surface area contributed by atoms with Crippen LogP contribution in [0.25, 0.3) is 0 Å². The molecular weight excluding hydrogens is 252 g/mol. The van der Waals surface area contributed by atoms with Crippen LogP contribution in [-0.4, -0.2) is 12.6 Å². The summed E-state index contributed by atoms with van der Waals surface area (Å²) in [6, 6.07) is 5.91. The first-order chi connectivity index (χ1) is 9.78. The molecule has 0 N–H and O–H groups in total. The molecule has 102 valence electrons. The van der Waals surface area contributed by atoms with Gasteiger partial charge in [-0.2, -0.15) is 0 Å². The summed E-state index contributed by atoms with van der Waals surface area (Å²) >= 11 is 0. The van der Waals surface area contributed by atoms with Gasteiger partial charge in [-0.25, -0.2) is 0 Å². The second-order valence-electron chi connectivity index (χ2n) is 5.71. The zero-order valence-corrected chi connectivity index (χ0v) is 11.2. The quantitative estimate of drug-likeness (QED) is 0.840. The van der Waals surface area contributed by atoms with Crippen molar-refractivity contribution < 1.29 is 14.3 Å². The molecule has 3 heteroatoms. The van der Waals surface area contributed by atoms with Crippen LogP contribution in [0.5, 0.6) is 11.5 Å².